The summed E-state index contributed by atoms with van der Waals surface area (Å²) in [6.45, 7) is 5.73. The highest BCUT2D eigenvalue weighted by atomic mass is 79.9. The summed E-state index contributed by atoms with van der Waals surface area (Å²) in [5.41, 5.74) is 1.44. The van der Waals surface area contributed by atoms with Crippen molar-refractivity contribution in [3.63, 3.8) is 0 Å². The number of carbonyl (C=O) groups is 3. The molecule has 2 aliphatic heterocycles. The standard InChI is InChI=1S/C31H26BrNO3/c1-30(2,3)29(36)26-25(19-12-15-20(32)16-13-19)31(27(34)21-9-5-6-10-22(21)28(31)35)24-17-14-18-8-4-7-11-23(18)33(24)26/h4-17,24-26H,1-3H3. The van der Waals surface area contributed by atoms with Crippen LogP contribution in [0.5, 0.6) is 0 Å². The molecule has 3 atom stereocenters. The third kappa shape index (κ3) is 2.95. The quantitative estimate of drug-likeness (QED) is 0.349. The molecule has 0 bridgehead atoms. The predicted octanol–water partition coefficient (Wildman–Crippen LogP) is 6.50. The second-order valence-corrected chi connectivity index (χ2v) is 11.8. The highest BCUT2D eigenvalue weighted by molar-refractivity contribution is 9.10. The maximum Gasteiger partial charge on any atom is 0.180 e. The predicted molar refractivity (Wildman–Crippen MR) is 144 cm³/mol. The van der Waals surface area contributed by atoms with Crippen molar-refractivity contribution in [3.8, 4) is 0 Å². The summed E-state index contributed by atoms with van der Waals surface area (Å²) in [6.07, 6.45) is 3.95. The number of rotatable bonds is 2. The first-order valence-electron chi connectivity index (χ1n) is 12.2. The summed E-state index contributed by atoms with van der Waals surface area (Å²) < 4.78 is 0.896. The van der Waals surface area contributed by atoms with Crippen LogP contribution < -0.4 is 4.90 Å². The van der Waals surface area contributed by atoms with Gasteiger partial charge in [-0.2, -0.15) is 0 Å². The Balaban J connectivity index is 1.70. The van der Waals surface area contributed by atoms with Crippen molar-refractivity contribution in [2.45, 2.75) is 38.8 Å². The van der Waals surface area contributed by atoms with Crippen molar-refractivity contribution < 1.29 is 14.4 Å². The van der Waals surface area contributed by atoms with Crippen LogP contribution in [-0.4, -0.2) is 29.4 Å². The average Bonchev–Trinajstić information content (AvgIpc) is 3.30. The normalized spacial score (nSPS) is 23.6. The van der Waals surface area contributed by atoms with Crippen LogP contribution in [0.3, 0.4) is 0 Å². The summed E-state index contributed by atoms with van der Waals surface area (Å²) in [6, 6.07) is 21.4. The fourth-order valence-electron chi connectivity index (χ4n) is 6.40. The maximum absolute atomic E-state index is 14.5. The maximum atomic E-state index is 14.5. The minimum absolute atomic E-state index is 0.0129. The van der Waals surface area contributed by atoms with Gasteiger partial charge >= 0.3 is 0 Å². The number of Topliss-reactive ketones (excluding diaryl/α,β-unsaturated/α-hetero) is 3. The Bertz CT molecular complexity index is 1430. The summed E-state index contributed by atoms with van der Waals surface area (Å²) >= 11 is 3.51. The van der Waals surface area contributed by atoms with Gasteiger partial charge in [-0.15, -0.1) is 0 Å². The molecule has 1 saturated heterocycles. The zero-order chi connectivity index (χ0) is 25.4. The Labute approximate surface area is 219 Å². The molecule has 2 heterocycles. The van der Waals surface area contributed by atoms with Gasteiger partial charge in [0, 0.05) is 32.6 Å². The lowest BCUT2D eigenvalue weighted by Crippen LogP contribution is -2.49. The molecule has 0 saturated carbocycles. The largest absolute Gasteiger partial charge is 0.352 e. The van der Waals surface area contributed by atoms with Crippen LogP contribution in [0.4, 0.5) is 5.69 Å². The molecule has 1 aliphatic carbocycles. The lowest BCUT2D eigenvalue weighted by molar-refractivity contribution is -0.127. The first-order valence-corrected chi connectivity index (χ1v) is 13.0. The van der Waals surface area contributed by atoms with Crippen molar-refractivity contribution in [2.75, 3.05) is 4.90 Å². The molecule has 5 heteroatoms. The molecule has 36 heavy (non-hydrogen) atoms. The SMILES string of the molecule is CC(C)(C)C(=O)C1C(c2ccc(Br)cc2)C2(C(=O)c3ccccc3C2=O)C2C=Cc3ccccc3N12. The number of fused-ring (bicyclic) bond motifs is 5. The van der Waals surface area contributed by atoms with Gasteiger partial charge in [-0.05, 0) is 29.3 Å². The molecule has 1 fully saturated rings. The molecular weight excluding hydrogens is 514 g/mol. The fraction of sp³-hybridized carbons (Fsp3) is 0.258. The summed E-state index contributed by atoms with van der Waals surface area (Å²) in [4.78, 5) is 45.3. The van der Waals surface area contributed by atoms with Crippen molar-refractivity contribution in [3.05, 3.63) is 106 Å². The first kappa shape index (κ1) is 23.1. The zero-order valence-corrected chi connectivity index (χ0v) is 22.0. The number of nitrogens with zero attached hydrogens (tertiary/aromatic N) is 1. The Hall–Kier alpha value is -3.31. The van der Waals surface area contributed by atoms with Gasteiger partial charge in [0.2, 0.25) is 0 Å². The third-order valence-corrected chi connectivity index (χ3v) is 8.48. The van der Waals surface area contributed by atoms with E-state index in [9.17, 15) is 14.4 Å². The highest BCUT2D eigenvalue weighted by Gasteiger charge is 2.71. The van der Waals surface area contributed by atoms with E-state index in [1.807, 2.05) is 81.5 Å². The molecule has 3 aromatic rings. The van der Waals surface area contributed by atoms with Gasteiger partial charge in [0.25, 0.3) is 0 Å². The summed E-state index contributed by atoms with van der Waals surface area (Å²) in [7, 11) is 0. The molecule has 4 nitrogen and oxygen atoms in total. The zero-order valence-electron chi connectivity index (χ0n) is 20.4. The van der Waals surface area contributed by atoms with E-state index >= 15 is 0 Å². The number of hydrogen-bond donors (Lipinski definition) is 0. The van der Waals surface area contributed by atoms with E-state index in [4.69, 9.17) is 0 Å². The number of halogens is 1. The average molecular weight is 540 g/mol. The second kappa shape index (κ2) is 7.84. The van der Waals surface area contributed by atoms with E-state index in [0.29, 0.717) is 11.1 Å². The molecule has 0 N–H and O–H groups in total. The number of ketones is 3. The number of hydrogen-bond acceptors (Lipinski definition) is 4. The topological polar surface area (TPSA) is 54.5 Å². The minimum atomic E-state index is -1.44. The van der Waals surface area contributed by atoms with Crippen LogP contribution >= 0.6 is 15.9 Å². The minimum Gasteiger partial charge on any atom is -0.352 e. The number of carbonyl (C=O) groups excluding carboxylic acids is 3. The van der Waals surface area contributed by atoms with Crippen molar-refractivity contribution >= 4 is 45.0 Å². The summed E-state index contributed by atoms with van der Waals surface area (Å²) in [5.74, 6) is -1.02. The molecule has 1 spiro atoms. The van der Waals surface area contributed by atoms with Gasteiger partial charge in [0.15, 0.2) is 17.3 Å². The Morgan fingerprint density at radius 1 is 0.861 bits per heavy atom. The Kier molecular flexibility index (Phi) is 5.03. The van der Waals surface area contributed by atoms with E-state index in [0.717, 1.165) is 21.3 Å². The molecule has 180 valence electrons. The number of anilines is 1. The third-order valence-electron chi connectivity index (χ3n) is 7.95. The molecule has 3 unspecified atom stereocenters. The van der Waals surface area contributed by atoms with E-state index < -0.39 is 28.8 Å². The van der Waals surface area contributed by atoms with E-state index in [1.165, 1.54) is 0 Å². The van der Waals surface area contributed by atoms with Crippen LogP contribution in [0.15, 0.2) is 83.3 Å². The lowest BCUT2D eigenvalue weighted by Gasteiger charge is -2.38. The Morgan fingerprint density at radius 3 is 2.06 bits per heavy atom. The van der Waals surface area contributed by atoms with Gasteiger partial charge in [0.1, 0.15) is 5.41 Å². The molecule has 0 radical (unpaired) electrons. The van der Waals surface area contributed by atoms with Gasteiger partial charge < -0.3 is 4.90 Å². The molecule has 3 aliphatic rings. The Morgan fingerprint density at radius 2 is 1.44 bits per heavy atom. The van der Waals surface area contributed by atoms with Gasteiger partial charge in [-0.1, -0.05) is 103 Å². The van der Waals surface area contributed by atoms with Crippen LogP contribution in [-0.2, 0) is 4.79 Å². The smallest absolute Gasteiger partial charge is 0.180 e. The van der Waals surface area contributed by atoms with Gasteiger partial charge in [-0.3, -0.25) is 14.4 Å². The number of benzene rings is 3. The summed E-state index contributed by atoms with van der Waals surface area (Å²) in [5, 5.41) is 0. The molecular formula is C31H26BrNO3. The van der Waals surface area contributed by atoms with Crippen molar-refractivity contribution in [2.24, 2.45) is 10.8 Å². The van der Waals surface area contributed by atoms with Crippen LogP contribution in [0, 0.1) is 10.8 Å². The van der Waals surface area contributed by atoms with Crippen molar-refractivity contribution in [1.82, 2.24) is 0 Å². The van der Waals surface area contributed by atoms with E-state index in [2.05, 4.69) is 20.8 Å². The second-order valence-electron chi connectivity index (χ2n) is 10.9. The van der Waals surface area contributed by atoms with Crippen LogP contribution in [0.25, 0.3) is 6.08 Å². The molecule has 3 aromatic carbocycles. The van der Waals surface area contributed by atoms with Gasteiger partial charge in [0.05, 0.1) is 12.1 Å². The van der Waals surface area contributed by atoms with Crippen LogP contribution in [0.2, 0.25) is 0 Å². The molecule has 0 aromatic heterocycles. The van der Waals surface area contributed by atoms with Crippen LogP contribution in [0.1, 0.15) is 58.5 Å². The fourth-order valence-corrected chi connectivity index (χ4v) is 6.67. The lowest BCUT2D eigenvalue weighted by atomic mass is 9.63. The monoisotopic (exact) mass is 539 g/mol. The van der Waals surface area contributed by atoms with E-state index in [1.54, 1.807) is 24.3 Å². The first-order chi connectivity index (χ1) is 17.2. The van der Waals surface area contributed by atoms with E-state index in [-0.39, 0.29) is 17.3 Å². The molecule has 6 rings (SSSR count). The van der Waals surface area contributed by atoms with Crippen molar-refractivity contribution in [1.29, 1.82) is 0 Å². The van der Waals surface area contributed by atoms with Gasteiger partial charge in [-0.25, -0.2) is 0 Å². The molecule has 0 amide bonds. The highest BCUT2D eigenvalue weighted by Crippen LogP contribution is 2.61. The number of para-hydroxylation sites is 1.